The van der Waals surface area contributed by atoms with Crippen molar-refractivity contribution in [3.8, 4) is 22.5 Å². The number of benzene rings is 2. The van der Waals surface area contributed by atoms with Crippen molar-refractivity contribution in [1.29, 1.82) is 0 Å². The van der Waals surface area contributed by atoms with Crippen LogP contribution in [0.3, 0.4) is 0 Å². The molecule has 5 heterocycles. The number of aliphatic carboxylic acids is 3. The number of rotatable bonds is 29. The van der Waals surface area contributed by atoms with E-state index in [4.69, 9.17) is 55.7 Å². The van der Waals surface area contributed by atoms with Gasteiger partial charge in [0.1, 0.15) is 31.0 Å². The Kier molecular flexibility index (Phi) is 25.8. The lowest BCUT2D eigenvalue weighted by Crippen LogP contribution is -2.50. The molecule has 456 valence electrons. The lowest BCUT2D eigenvalue weighted by Gasteiger charge is -2.39. The molecule has 28 heteroatoms. The van der Waals surface area contributed by atoms with Crippen molar-refractivity contribution in [2.24, 2.45) is 5.73 Å². The van der Waals surface area contributed by atoms with Crippen LogP contribution in [0.5, 0.6) is 0 Å². The molecule has 0 radical (unpaired) electrons. The number of carbonyl (C=O) groups excluding carboxylic acids is 2. The van der Waals surface area contributed by atoms with E-state index in [2.05, 4.69) is 20.1 Å². The van der Waals surface area contributed by atoms with Crippen LogP contribution in [-0.4, -0.2) is 268 Å². The number of ether oxygens (including phenoxy) is 6. The molecule has 7 rings (SSSR count). The number of aryl methyl sites for hydroxylation is 1. The fraction of sp³-hybridized carbons (Fsp3) is 0.582. The Balaban J connectivity index is 0.755. The molecular weight excluding hydrogens is 1110 g/mol. The van der Waals surface area contributed by atoms with E-state index in [0.29, 0.717) is 87.7 Å². The lowest BCUT2D eigenvalue weighted by atomic mass is 9.96. The average Bonchev–Trinajstić information content (AvgIpc) is 2.97. The molecule has 2 aromatic carbocycles. The number of aromatic amines is 1. The van der Waals surface area contributed by atoms with E-state index in [1.54, 1.807) is 20.8 Å². The van der Waals surface area contributed by atoms with Gasteiger partial charge >= 0.3 is 17.9 Å². The first-order valence-electron chi connectivity index (χ1n) is 27.9. The van der Waals surface area contributed by atoms with Crippen LogP contribution in [0.25, 0.3) is 33.5 Å². The maximum absolute atomic E-state index is 15.0. The highest BCUT2D eigenvalue weighted by atomic mass is 35.5. The molecule has 0 bridgehead atoms. The molecule has 2 amide bonds. The molecule has 0 aliphatic carbocycles. The number of nitrogens with one attached hydrogen (secondary N) is 2. The molecule has 0 atom stereocenters. The molecule has 83 heavy (non-hydrogen) atoms. The first-order chi connectivity index (χ1) is 40.1. The quantitative estimate of drug-likeness (QED) is 0.0334. The van der Waals surface area contributed by atoms with E-state index in [1.807, 2.05) is 41.1 Å². The zero-order valence-electron chi connectivity index (χ0n) is 47.0. The SMILES string of the molecule is Cc1cc(F)cc(-c2cnc(N3CCN(C(=O)CCOCCOCOCOCOCOCCNC(=O)CN4CCN(CC(=O)O)CCN(CC(=O)O)CCN(CC(=O)O)CC4)CC3)c(-c3nc4ccc(Cl)cc4[nH]3)c2N2CCC(N)CC2)c1. The normalized spacial score (nSPS) is 16.9. The highest BCUT2D eigenvalue weighted by molar-refractivity contribution is 6.31. The Bertz CT molecular complexity index is 2700. The molecule has 7 N–H and O–H groups in total. The molecule has 0 unspecified atom stereocenters. The number of piperidine rings is 1. The maximum atomic E-state index is 15.0. The standard InChI is InChI=1S/C55H78ClFN12O14/c1-39-26-40(28-42(57)27-39)44-30-60-55(52(53(44)68-8-4-43(58)5-9-68)54-61-45-3-2-41(56)29-46(45)62-54)69-20-18-67(19-21-69)48(71)6-22-78-24-25-80-36-82-38-83-37-81-35-79-23-7-59-47(70)31-63-10-12-64(32-49(72)73)14-16-66(34-51(76)77)17-15-65(13-11-63)33-50(74)75/h2-3,26-30,43H,4-25,31-38,58H2,1H3,(H,59,70)(H,61,62)(H,72,73)(H,74,75)(H,76,77). The van der Waals surface area contributed by atoms with Gasteiger partial charge in [0.25, 0.3) is 0 Å². The van der Waals surface area contributed by atoms with Crippen molar-refractivity contribution in [3.05, 3.63) is 59.0 Å². The summed E-state index contributed by atoms with van der Waals surface area (Å²) in [5.74, 6) is -2.44. The summed E-state index contributed by atoms with van der Waals surface area (Å²) < 4.78 is 47.4. The van der Waals surface area contributed by atoms with Gasteiger partial charge in [0, 0.05) is 121 Å². The Hall–Kier alpha value is -6.21. The number of piperazine rings is 1. The average molecular weight is 1190 g/mol. The van der Waals surface area contributed by atoms with Crippen molar-refractivity contribution in [2.75, 3.05) is 188 Å². The molecule has 2 aromatic heterocycles. The Morgan fingerprint density at radius 2 is 1.23 bits per heavy atom. The number of fused-ring (bicyclic) bond motifs is 1. The zero-order valence-corrected chi connectivity index (χ0v) is 47.8. The number of pyridine rings is 1. The van der Waals surface area contributed by atoms with Gasteiger partial charge in [-0.05, 0) is 61.2 Å². The smallest absolute Gasteiger partial charge is 0.317 e. The molecule has 4 aromatic rings. The van der Waals surface area contributed by atoms with Gasteiger partial charge in [-0.3, -0.25) is 43.6 Å². The molecule has 3 aliphatic rings. The van der Waals surface area contributed by atoms with Gasteiger partial charge in [0.2, 0.25) is 11.8 Å². The Morgan fingerprint density at radius 3 is 1.81 bits per heavy atom. The van der Waals surface area contributed by atoms with E-state index in [1.165, 1.54) is 12.1 Å². The van der Waals surface area contributed by atoms with Crippen LogP contribution in [0.4, 0.5) is 15.9 Å². The van der Waals surface area contributed by atoms with Gasteiger partial charge in [0.15, 0.2) is 13.6 Å². The highest BCUT2D eigenvalue weighted by Crippen LogP contribution is 2.45. The molecule has 0 saturated carbocycles. The van der Waals surface area contributed by atoms with E-state index < -0.39 is 17.9 Å². The van der Waals surface area contributed by atoms with Gasteiger partial charge in [0.05, 0.1) is 81.3 Å². The number of nitrogens with zero attached hydrogens (tertiary/aromatic N) is 9. The minimum Gasteiger partial charge on any atom is -0.480 e. The largest absolute Gasteiger partial charge is 0.480 e. The van der Waals surface area contributed by atoms with Crippen molar-refractivity contribution in [3.63, 3.8) is 0 Å². The second-order valence-corrected chi connectivity index (χ2v) is 21.0. The summed E-state index contributed by atoms with van der Waals surface area (Å²) in [5, 5.41) is 31.6. The van der Waals surface area contributed by atoms with E-state index >= 15 is 4.39 Å². The van der Waals surface area contributed by atoms with Gasteiger partial charge < -0.3 is 74.5 Å². The number of nitrogens with two attached hydrogens (primary N) is 1. The monoisotopic (exact) mass is 1180 g/mol. The van der Waals surface area contributed by atoms with Crippen LogP contribution in [0.15, 0.2) is 42.6 Å². The van der Waals surface area contributed by atoms with Crippen LogP contribution in [0.1, 0.15) is 24.8 Å². The van der Waals surface area contributed by atoms with Crippen LogP contribution < -0.4 is 20.9 Å². The number of aromatic nitrogens is 3. The predicted molar refractivity (Wildman–Crippen MR) is 304 cm³/mol. The molecule has 0 spiro atoms. The molecule has 3 aliphatic heterocycles. The number of carboxylic acid groups (broad SMARTS) is 3. The van der Waals surface area contributed by atoms with Gasteiger partial charge in [-0.15, -0.1) is 0 Å². The molecule has 3 fully saturated rings. The van der Waals surface area contributed by atoms with Gasteiger partial charge in [-0.2, -0.15) is 0 Å². The van der Waals surface area contributed by atoms with Crippen LogP contribution >= 0.6 is 11.6 Å². The van der Waals surface area contributed by atoms with E-state index in [9.17, 15) is 39.3 Å². The highest BCUT2D eigenvalue weighted by Gasteiger charge is 2.32. The minimum absolute atomic E-state index is 0.0169. The maximum Gasteiger partial charge on any atom is 0.317 e. The third-order valence-electron chi connectivity index (χ3n) is 14.3. The van der Waals surface area contributed by atoms with Crippen molar-refractivity contribution in [1.82, 2.24) is 44.8 Å². The summed E-state index contributed by atoms with van der Waals surface area (Å²) >= 11 is 6.41. The molecular formula is C55H78ClFN12O14. The fourth-order valence-electron chi connectivity index (χ4n) is 10.1. The molecule has 3 saturated heterocycles. The number of halogens is 2. The van der Waals surface area contributed by atoms with Gasteiger partial charge in [-0.1, -0.05) is 17.7 Å². The van der Waals surface area contributed by atoms with E-state index in [-0.39, 0.29) is 143 Å². The summed E-state index contributed by atoms with van der Waals surface area (Å²) in [6.45, 7) is 7.44. The number of anilines is 2. The molecule has 26 nitrogen and oxygen atoms in total. The van der Waals surface area contributed by atoms with Crippen LogP contribution in [-0.2, 0) is 52.4 Å². The number of hydrogen-bond acceptors (Lipinski definition) is 20. The van der Waals surface area contributed by atoms with Crippen LogP contribution in [0, 0.1) is 12.7 Å². The second-order valence-electron chi connectivity index (χ2n) is 20.6. The lowest BCUT2D eigenvalue weighted by molar-refractivity contribution is -0.193. The first-order valence-corrected chi connectivity index (χ1v) is 28.2. The summed E-state index contributed by atoms with van der Waals surface area (Å²) in [6, 6.07) is 10.6. The second kappa shape index (κ2) is 33.3. The van der Waals surface area contributed by atoms with Gasteiger partial charge in [-0.25, -0.2) is 14.4 Å². The third-order valence-corrected chi connectivity index (χ3v) is 14.5. The van der Waals surface area contributed by atoms with Crippen LogP contribution in [0.2, 0.25) is 5.02 Å². The fourth-order valence-corrected chi connectivity index (χ4v) is 10.2. The number of carbonyl (C=O) groups is 5. The summed E-state index contributed by atoms with van der Waals surface area (Å²) in [6.07, 6.45) is 3.61. The number of carboxylic acids is 3. The minimum atomic E-state index is -1.04. The van der Waals surface area contributed by atoms with E-state index in [0.717, 1.165) is 46.3 Å². The summed E-state index contributed by atoms with van der Waals surface area (Å²) in [4.78, 5) is 87.6. The topological polar surface area (TPSA) is 304 Å². The number of imidazole rings is 1. The number of H-pyrrole nitrogens is 1. The first kappa shape index (κ1) is 64.4. The van der Waals surface area contributed by atoms with Crippen molar-refractivity contribution < 1.29 is 72.1 Å². The zero-order chi connectivity index (χ0) is 59.1. The predicted octanol–water partition coefficient (Wildman–Crippen LogP) is 1.88. The van der Waals surface area contributed by atoms with Crippen molar-refractivity contribution in [2.45, 2.75) is 32.2 Å². The third kappa shape index (κ3) is 21.1. The Labute approximate surface area is 486 Å². The Morgan fingerprint density at radius 1 is 0.675 bits per heavy atom. The summed E-state index contributed by atoms with van der Waals surface area (Å²) in [5.41, 5.74) is 11.9. The number of hydrogen-bond donors (Lipinski definition) is 6. The van der Waals surface area contributed by atoms with Crippen molar-refractivity contribution >= 4 is 63.9 Å². The summed E-state index contributed by atoms with van der Waals surface area (Å²) in [7, 11) is 0. The number of amides is 2.